The summed E-state index contributed by atoms with van der Waals surface area (Å²) in [6.07, 6.45) is 2.56. The second kappa shape index (κ2) is 4.61. The van der Waals surface area contributed by atoms with Crippen molar-refractivity contribution in [1.82, 2.24) is 14.6 Å². The molecule has 5 nitrogen and oxygen atoms in total. The fraction of sp³-hybridized carbons (Fsp3) is 0.143. The van der Waals surface area contributed by atoms with Gasteiger partial charge in [-0.15, -0.1) is 10.2 Å². The number of nitrogen functional groups attached to an aromatic ring is 1. The summed E-state index contributed by atoms with van der Waals surface area (Å²) in [6, 6.07) is 11.6. The lowest BCUT2D eigenvalue weighted by molar-refractivity contribution is 0.410. The fourth-order valence-electron chi connectivity index (χ4n) is 2.12. The van der Waals surface area contributed by atoms with Crippen molar-refractivity contribution in [2.45, 2.75) is 6.42 Å². The summed E-state index contributed by atoms with van der Waals surface area (Å²) < 4.78 is 7.25. The average molecular weight is 254 g/mol. The molecule has 0 unspecified atom stereocenters. The number of rotatable bonds is 3. The number of fused-ring (bicyclic) bond motifs is 1. The lowest BCUT2D eigenvalue weighted by atomic mass is 10.1. The molecule has 0 aliphatic rings. The highest BCUT2D eigenvalue weighted by molar-refractivity contribution is 5.63. The number of anilines is 1. The summed E-state index contributed by atoms with van der Waals surface area (Å²) in [5.74, 6) is 1.69. The monoisotopic (exact) mass is 254 g/mol. The molecule has 0 aliphatic heterocycles. The first kappa shape index (κ1) is 11.5. The third-order valence-corrected chi connectivity index (χ3v) is 3.08. The van der Waals surface area contributed by atoms with Crippen molar-refractivity contribution in [1.29, 1.82) is 0 Å². The molecule has 0 fully saturated rings. The number of benzene rings is 1. The van der Waals surface area contributed by atoms with Gasteiger partial charge in [-0.2, -0.15) is 0 Å². The van der Waals surface area contributed by atoms with Crippen LogP contribution in [0.15, 0.2) is 42.6 Å². The summed E-state index contributed by atoms with van der Waals surface area (Å²) in [7, 11) is 1.67. The van der Waals surface area contributed by atoms with Crippen molar-refractivity contribution in [3.05, 3.63) is 54.0 Å². The van der Waals surface area contributed by atoms with E-state index in [9.17, 15) is 0 Å². The first-order valence-electron chi connectivity index (χ1n) is 5.99. The van der Waals surface area contributed by atoms with Gasteiger partial charge in [-0.1, -0.05) is 18.2 Å². The van der Waals surface area contributed by atoms with Gasteiger partial charge in [-0.05, 0) is 18.2 Å². The summed E-state index contributed by atoms with van der Waals surface area (Å²) in [5, 5.41) is 8.32. The molecule has 2 heterocycles. The average Bonchev–Trinajstić information content (AvgIpc) is 2.84. The molecule has 3 aromatic rings. The number of nitrogens with zero attached hydrogens (tertiary/aromatic N) is 3. The van der Waals surface area contributed by atoms with Crippen LogP contribution in [0.1, 0.15) is 11.4 Å². The van der Waals surface area contributed by atoms with Crippen LogP contribution in [0.2, 0.25) is 0 Å². The van der Waals surface area contributed by atoms with E-state index >= 15 is 0 Å². The van der Waals surface area contributed by atoms with Crippen molar-refractivity contribution < 1.29 is 4.74 Å². The fourth-order valence-corrected chi connectivity index (χ4v) is 2.12. The number of aromatic nitrogens is 3. The van der Waals surface area contributed by atoms with E-state index in [1.807, 2.05) is 47.0 Å². The van der Waals surface area contributed by atoms with Crippen LogP contribution in [0.25, 0.3) is 5.65 Å². The van der Waals surface area contributed by atoms with E-state index in [1.165, 1.54) is 0 Å². The van der Waals surface area contributed by atoms with E-state index in [0.29, 0.717) is 17.8 Å². The maximum atomic E-state index is 5.87. The number of para-hydroxylation sites is 1. The molecule has 3 rings (SSSR count). The van der Waals surface area contributed by atoms with Crippen LogP contribution in [0.4, 0.5) is 5.69 Å². The van der Waals surface area contributed by atoms with Gasteiger partial charge in [-0.3, -0.25) is 4.40 Å². The molecule has 0 atom stereocenters. The molecule has 19 heavy (non-hydrogen) atoms. The number of nitrogens with two attached hydrogens (primary N) is 1. The normalized spacial score (nSPS) is 10.8. The Morgan fingerprint density at radius 3 is 2.84 bits per heavy atom. The van der Waals surface area contributed by atoms with Gasteiger partial charge >= 0.3 is 0 Å². The third kappa shape index (κ3) is 1.99. The smallest absolute Gasteiger partial charge is 0.183 e. The Morgan fingerprint density at radius 2 is 2.00 bits per heavy atom. The Kier molecular flexibility index (Phi) is 2.79. The Labute approximate surface area is 110 Å². The van der Waals surface area contributed by atoms with E-state index in [0.717, 1.165) is 17.1 Å². The second-order valence-corrected chi connectivity index (χ2v) is 4.26. The molecular formula is C14H14N4O. The van der Waals surface area contributed by atoms with Gasteiger partial charge in [0.25, 0.3) is 0 Å². The molecule has 5 heteroatoms. The Morgan fingerprint density at radius 1 is 1.16 bits per heavy atom. The molecule has 0 bridgehead atoms. The van der Waals surface area contributed by atoms with E-state index < -0.39 is 0 Å². The Hall–Kier alpha value is -2.56. The molecule has 0 saturated carbocycles. The van der Waals surface area contributed by atoms with Gasteiger partial charge in [0.15, 0.2) is 5.65 Å². The molecule has 1 aromatic carbocycles. The molecule has 96 valence electrons. The van der Waals surface area contributed by atoms with Crippen LogP contribution in [0, 0.1) is 0 Å². The minimum Gasteiger partial charge on any atom is -0.496 e. The standard InChI is InChI=1S/C14H14N4O/c1-19-12-7-3-2-5-10(12)9-13-16-17-14-11(15)6-4-8-18(13)14/h2-8H,9,15H2,1H3. The van der Waals surface area contributed by atoms with Gasteiger partial charge in [0.05, 0.1) is 12.8 Å². The number of methoxy groups -OCH3 is 1. The highest BCUT2D eigenvalue weighted by atomic mass is 16.5. The van der Waals surface area contributed by atoms with Crippen molar-refractivity contribution in [3.63, 3.8) is 0 Å². The molecule has 0 amide bonds. The van der Waals surface area contributed by atoms with Crippen LogP contribution in [0.3, 0.4) is 0 Å². The predicted octanol–water partition coefficient (Wildman–Crippen LogP) is 1.91. The summed E-state index contributed by atoms with van der Waals surface area (Å²) in [5.41, 5.74) is 8.26. The molecule has 0 saturated heterocycles. The summed E-state index contributed by atoms with van der Waals surface area (Å²) in [6.45, 7) is 0. The third-order valence-electron chi connectivity index (χ3n) is 3.08. The van der Waals surface area contributed by atoms with Crippen LogP contribution < -0.4 is 10.5 Å². The van der Waals surface area contributed by atoms with Crippen LogP contribution >= 0.6 is 0 Å². The Bertz CT molecular complexity index is 720. The van der Waals surface area contributed by atoms with E-state index in [4.69, 9.17) is 10.5 Å². The van der Waals surface area contributed by atoms with Crippen LogP contribution in [-0.2, 0) is 6.42 Å². The van der Waals surface area contributed by atoms with E-state index in [-0.39, 0.29) is 0 Å². The maximum Gasteiger partial charge on any atom is 0.183 e. The Balaban J connectivity index is 2.04. The van der Waals surface area contributed by atoms with E-state index in [2.05, 4.69) is 10.2 Å². The minimum absolute atomic E-state index is 0.626. The molecular weight excluding hydrogens is 240 g/mol. The topological polar surface area (TPSA) is 65.4 Å². The zero-order valence-corrected chi connectivity index (χ0v) is 10.6. The largest absolute Gasteiger partial charge is 0.496 e. The quantitative estimate of drug-likeness (QED) is 0.775. The van der Waals surface area contributed by atoms with Crippen molar-refractivity contribution in [2.75, 3.05) is 12.8 Å². The first-order valence-corrected chi connectivity index (χ1v) is 5.99. The molecule has 0 radical (unpaired) electrons. The first-order chi connectivity index (χ1) is 9.29. The van der Waals surface area contributed by atoms with Gasteiger partial charge in [0.2, 0.25) is 0 Å². The number of pyridine rings is 1. The molecule has 0 spiro atoms. The predicted molar refractivity (Wildman–Crippen MR) is 73.2 cm³/mol. The zero-order chi connectivity index (χ0) is 13.2. The highest BCUT2D eigenvalue weighted by Gasteiger charge is 2.10. The van der Waals surface area contributed by atoms with Gasteiger partial charge < -0.3 is 10.5 Å². The maximum absolute atomic E-state index is 5.87. The number of hydrogen-bond acceptors (Lipinski definition) is 4. The second-order valence-electron chi connectivity index (χ2n) is 4.26. The van der Waals surface area contributed by atoms with Gasteiger partial charge in [0.1, 0.15) is 11.6 Å². The van der Waals surface area contributed by atoms with Gasteiger partial charge in [-0.25, -0.2) is 0 Å². The van der Waals surface area contributed by atoms with E-state index in [1.54, 1.807) is 7.11 Å². The van der Waals surface area contributed by atoms with Gasteiger partial charge in [0, 0.05) is 18.2 Å². The lowest BCUT2D eigenvalue weighted by Crippen LogP contribution is -1.99. The van der Waals surface area contributed by atoms with Crippen LogP contribution in [0.5, 0.6) is 5.75 Å². The number of hydrogen-bond donors (Lipinski definition) is 1. The number of ether oxygens (including phenoxy) is 1. The SMILES string of the molecule is COc1ccccc1Cc1nnc2c(N)cccn12. The zero-order valence-electron chi connectivity index (χ0n) is 10.6. The lowest BCUT2D eigenvalue weighted by Gasteiger charge is -2.07. The van der Waals surface area contributed by atoms with Crippen LogP contribution in [-0.4, -0.2) is 21.7 Å². The van der Waals surface area contributed by atoms with Crippen molar-refractivity contribution in [2.24, 2.45) is 0 Å². The van der Waals surface area contributed by atoms with Crippen molar-refractivity contribution >= 4 is 11.3 Å². The van der Waals surface area contributed by atoms with Crippen molar-refractivity contribution in [3.8, 4) is 5.75 Å². The minimum atomic E-state index is 0.626. The summed E-state index contributed by atoms with van der Waals surface area (Å²) in [4.78, 5) is 0. The molecule has 2 aromatic heterocycles. The summed E-state index contributed by atoms with van der Waals surface area (Å²) >= 11 is 0. The highest BCUT2D eigenvalue weighted by Crippen LogP contribution is 2.21. The molecule has 0 aliphatic carbocycles. The molecule has 2 N–H and O–H groups in total.